The molecule has 1 fully saturated rings. The number of fused-ring (bicyclic) bond motifs is 1. The molecule has 1 heterocycles. The molecule has 2 aromatic rings. The molecule has 0 saturated carbocycles. The lowest BCUT2D eigenvalue weighted by molar-refractivity contribution is 0.0572. The standard InChI is InChI=1S/C15H16N2O3/c16-12-6-10-4-2-1-3-9(10)5-11(12)15(20)17-7-13(18)14(19)8-17/h1-6,13-14,18-19H,7-8,16H2. The fraction of sp³-hybridized carbons (Fsp3) is 0.267. The number of nitrogen functional groups attached to an aromatic ring is 1. The second kappa shape index (κ2) is 4.77. The minimum absolute atomic E-state index is 0.131. The maximum atomic E-state index is 12.4. The van der Waals surface area contributed by atoms with Crippen LogP contribution in [0.3, 0.4) is 0 Å². The van der Waals surface area contributed by atoms with Crippen molar-refractivity contribution in [1.82, 2.24) is 4.90 Å². The van der Waals surface area contributed by atoms with Crippen LogP contribution in [0.15, 0.2) is 36.4 Å². The van der Waals surface area contributed by atoms with Crippen LogP contribution in [-0.4, -0.2) is 46.3 Å². The van der Waals surface area contributed by atoms with E-state index in [9.17, 15) is 15.0 Å². The zero-order valence-corrected chi connectivity index (χ0v) is 10.9. The number of likely N-dealkylation sites (tertiary alicyclic amines) is 1. The normalized spacial score (nSPS) is 22.4. The molecule has 1 aliphatic rings. The summed E-state index contributed by atoms with van der Waals surface area (Å²) >= 11 is 0. The largest absolute Gasteiger partial charge is 0.398 e. The summed E-state index contributed by atoms with van der Waals surface area (Å²) < 4.78 is 0. The average molecular weight is 272 g/mol. The first-order chi connectivity index (χ1) is 9.56. The van der Waals surface area contributed by atoms with Crippen LogP contribution in [0.25, 0.3) is 10.8 Å². The van der Waals surface area contributed by atoms with Crippen molar-refractivity contribution >= 4 is 22.4 Å². The van der Waals surface area contributed by atoms with Gasteiger partial charge in [-0.15, -0.1) is 0 Å². The molecule has 0 aliphatic carbocycles. The van der Waals surface area contributed by atoms with E-state index in [1.54, 1.807) is 12.1 Å². The van der Waals surface area contributed by atoms with E-state index in [1.165, 1.54) is 4.90 Å². The predicted octanol–water partition coefficient (Wildman–Crippen LogP) is 0.600. The lowest BCUT2D eigenvalue weighted by Crippen LogP contribution is -2.30. The number of carbonyl (C=O) groups is 1. The first kappa shape index (κ1) is 12.9. The Hall–Kier alpha value is -2.11. The fourth-order valence-corrected chi connectivity index (χ4v) is 2.55. The summed E-state index contributed by atoms with van der Waals surface area (Å²) in [6.07, 6.45) is -1.78. The first-order valence-electron chi connectivity index (χ1n) is 6.50. The van der Waals surface area contributed by atoms with Crippen molar-refractivity contribution in [3.8, 4) is 0 Å². The number of hydrogen-bond acceptors (Lipinski definition) is 4. The minimum atomic E-state index is -0.888. The molecule has 2 unspecified atom stereocenters. The summed E-state index contributed by atoms with van der Waals surface area (Å²) in [6, 6.07) is 11.2. The highest BCUT2D eigenvalue weighted by atomic mass is 16.3. The van der Waals surface area contributed by atoms with E-state index < -0.39 is 12.2 Å². The molecular weight excluding hydrogens is 256 g/mol. The van der Waals surface area contributed by atoms with Gasteiger partial charge >= 0.3 is 0 Å². The quantitative estimate of drug-likeness (QED) is 0.663. The third-order valence-electron chi connectivity index (χ3n) is 3.69. The summed E-state index contributed by atoms with van der Waals surface area (Å²) in [7, 11) is 0. The third kappa shape index (κ3) is 2.11. The Morgan fingerprint density at radius 3 is 2.25 bits per heavy atom. The van der Waals surface area contributed by atoms with Crippen LogP contribution in [0, 0.1) is 0 Å². The van der Waals surface area contributed by atoms with Crippen LogP contribution < -0.4 is 5.73 Å². The second-order valence-electron chi connectivity index (χ2n) is 5.13. The highest BCUT2D eigenvalue weighted by molar-refractivity contribution is 6.04. The van der Waals surface area contributed by atoms with Crippen molar-refractivity contribution in [2.24, 2.45) is 0 Å². The maximum absolute atomic E-state index is 12.4. The zero-order valence-electron chi connectivity index (χ0n) is 10.9. The number of hydrogen-bond donors (Lipinski definition) is 3. The van der Waals surface area contributed by atoms with Crippen LogP contribution in [0.5, 0.6) is 0 Å². The van der Waals surface area contributed by atoms with Gasteiger partial charge in [-0.2, -0.15) is 0 Å². The molecule has 0 radical (unpaired) electrons. The van der Waals surface area contributed by atoms with Crippen LogP contribution >= 0.6 is 0 Å². The Morgan fingerprint density at radius 1 is 1.10 bits per heavy atom. The van der Waals surface area contributed by atoms with E-state index in [4.69, 9.17) is 5.73 Å². The second-order valence-corrected chi connectivity index (χ2v) is 5.13. The highest BCUT2D eigenvalue weighted by Crippen LogP contribution is 2.24. The molecule has 2 aromatic carbocycles. The SMILES string of the molecule is Nc1cc2ccccc2cc1C(=O)N1CC(O)C(O)C1. The number of carbonyl (C=O) groups excluding carboxylic acids is 1. The van der Waals surface area contributed by atoms with Gasteiger partial charge in [-0.25, -0.2) is 0 Å². The van der Waals surface area contributed by atoms with Gasteiger partial charge in [0.25, 0.3) is 5.91 Å². The molecule has 0 bridgehead atoms. The van der Waals surface area contributed by atoms with Crippen molar-refractivity contribution < 1.29 is 15.0 Å². The molecule has 5 nitrogen and oxygen atoms in total. The molecule has 4 N–H and O–H groups in total. The number of aliphatic hydroxyl groups is 2. The van der Waals surface area contributed by atoms with Crippen molar-refractivity contribution in [2.45, 2.75) is 12.2 Å². The van der Waals surface area contributed by atoms with Gasteiger partial charge in [-0.05, 0) is 22.9 Å². The molecule has 1 aliphatic heterocycles. The topological polar surface area (TPSA) is 86.8 Å². The number of benzene rings is 2. The predicted molar refractivity (Wildman–Crippen MR) is 76.3 cm³/mol. The van der Waals surface area contributed by atoms with Gasteiger partial charge in [0.05, 0.1) is 17.8 Å². The number of anilines is 1. The molecule has 1 saturated heterocycles. The van der Waals surface area contributed by atoms with Crippen molar-refractivity contribution in [1.29, 1.82) is 0 Å². The minimum Gasteiger partial charge on any atom is -0.398 e. The van der Waals surface area contributed by atoms with E-state index in [0.29, 0.717) is 11.3 Å². The zero-order chi connectivity index (χ0) is 14.3. The Balaban J connectivity index is 1.97. The van der Waals surface area contributed by atoms with Crippen molar-refractivity contribution in [3.05, 3.63) is 42.0 Å². The maximum Gasteiger partial charge on any atom is 0.256 e. The van der Waals surface area contributed by atoms with Crippen LogP contribution in [0.2, 0.25) is 0 Å². The summed E-state index contributed by atoms with van der Waals surface area (Å²) in [5.74, 6) is -0.260. The van der Waals surface area contributed by atoms with Gasteiger partial charge in [0, 0.05) is 18.8 Å². The third-order valence-corrected chi connectivity index (χ3v) is 3.69. The molecule has 3 rings (SSSR count). The Morgan fingerprint density at radius 2 is 1.65 bits per heavy atom. The Labute approximate surface area is 116 Å². The Bertz CT molecular complexity index is 661. The molecule has 104 valence electrons. The molecular formula is C15H16N2O3. The number of nitrogens with two attached hydrogens (primary N) is 1. The van der Waals surface area contributed by atoms with E-state index >= 15 is 0 Å². The number of amides is 1. The summed E-state index contributed by atoms with van der Waals surface area (Å²) in [5, 5.41) is 21.0. The van der Waals surface area contributed by atoms with Crippen LogP contribution in [0.4, 0.5) is 5.69 Å². The van der Waals surface area contributed by atoms with Crippen molar-refractivity contribution in [2.75, 3.05) is 18.8 Å². The van der Waals surface area contributed by atoms with Gasteiger partial charge in [-0.3, -0.25) is 4.79 Å². The fourth-order valence-electron chi connectivity index (χ4n) is 2.55. The monoisotopic (exact) mass is 272 g/mol. The molecule has 1 amide bonds. The average Bonchev–Trinajstić information content (AvgIpc) is 2.77. The van der Waals surface area contributed by atoms with Gasteiger partial charge in [0.1, 0.15) is 0 Å². The number of β-amino-alcohol motifs (C(OH)–C–C–N with tert-alkyl or cyclic N) is 2. The lowest BCUT2D eigenvalue weighted by Gasteiger charge is -2.17. The molecule has 0 spiro atoms. The molecule has 5 heteroatoms. The van der Waals surface area contributed by atoms with Crippen molar-refractivity contribution in [3.63, 3.8) is 0 Å². The first-order valence-corrected chi connectivity index (χ1v) is 6.50. The van der Waals surface area contributed by atoms with E-state index in [0.717, 1.165) is 10.8 Å². The van der Waals surface area contributed by atoms with Crippen LogP contribution in [-0.2, 0) is 0 Å². The highest BCUT2D eigenvalue weighted by Gasteiger charge is 2.33. The van der Waals surface area contributed by atoms with E-state index in [1.807, 2.05) is 24.3 Å². The Kier molecular flexibility index (Phi) is 3.08. The number of aliphatic hydroxyl groups excluding tert-OH is 2. The van der Waals surface area contributed by atoms with E-state index in [2.05, 4.69) is 0 Å². The smallest absolute Gasteiger partial charge is 0.256 e. The lowest BCUT2D eigenvalue weighted by atomic mass is 10.0. The van der Waals surface area contributed by atoms with Gasteiger partial charge in [0.15, 0.2) is 0 Å². The van der Waals surface area contributed by atoms with Gasteiger partial charge < -0.3 is 20.8 Å². The van der Waals surface area contributed by atoms with Gasteiger partial charge in [-0.1, -0.05) is 24.3 Å². The summed E-state index contributed by atoms with van der Waals surface area (Å²) in [6.45, 7) is 0.262. The number of nitrogens with zero attached hydrogens (tertiary/aromatic N) is 1. The van der Waals surface area contributed by atoms with Gasteiger partial charge in [0.2, 0.25) is 0 Å². The summed E-state index contributed by atoms with van der Waals surface area (Å²) in [4.78, 5) is 13.9. The number of rotatable bonds is 1. The molecule has 2 atom stereocenters. The molecule has 20 heavy (non-hydrogen) atoms. The molecule has 0 aromatic heterocycles. The van der Waals surface area contributed by atoms with Crippen LogP contribution in [0.1, 0.15) is 10.4 Å². The summed E-state index contributed by atoms with van der Waals surface area (Å²) in [5.41, 5.74) is 6.77. The van der Waals surface area contributed by atoms with E-state index in [-0.39, 0.29) is 19.0 Å².